The van der Waals surface area contributed by atoms with Gasteiger partial charge in [0.25, 0.3) is 0 Å². The van der Waals surface area contributed by atoms with E-state index in [4.69, 9.17) is 9.72 Å². The third kappa shape index (κ3) is 4.36. The van der Waals surface area contributed by atoms with Crippen LogP contribution in [0.3, 0.4) is 0 Å². The second-order valence-corrected chi connectivity index (χ2v) is 11.8. The molecular formula is C22H27BrN3O4S+. The predicted octanol–water partition coefficient (Wildman–Crippen LogP) is 3.88. The number of hydrogen-bond donors (Lipinski definition) is 1. The quantitative estimate of drug-likeness (QED) is 0.426. The van der Waals surface area contributed by atoms with Gasteiger partial charge in [-0.1, -0.05) is 20.8 Å². The van der Waals surface area contributed by atoms with Gasteiger partial charge in [-0.25, -0.2) is 13.4 Å². The minimum Gasteiger partial charge on any atom is -0.381 e. The number of nitrogens with zero attached hydrogens (tertiary/aromatic N) is 3. The van der Waals surface area contributed by atoms with Gasteiger partial charge < -0.3 is 9.30 Å². The van der Waals surface area contributed by atoms with Crippen LogP contribution in [0.15, 0.2) is 50.9 Å². The molecule has 1 aliphatic heterocycles. The molecule has 4 rings (SSSR count). The highest BCUT2D eigenvalue weighted by atomic mass is 79.9. The Kier molecular flexibility index (Phi) is 5.87. The van der Waals surface area contributed by atoms with Gasteiger partial charge in [-0.05, 0) is 52.9 Å². The standard InChI is InChI=1S/C22H27BrN3O4S/c1-22(2,3)21-24-18-12-16(31(28,29)20-6-9-25(27)14-17(20)23)4-5-19(18)26(21)13-15-7-10-30-11-8-15/h4-6,9,12,14-15,27H,7-8,10-11,13H2,1-3H3/q+1. The van der Waals surface area contributed by atoms with Crippen LogP contribution in [-0.4, -0.2) is 36.4 Å². The van der Waals surface area contributed by atoms with E-state index in [2.05, 4.69) is 41.3 Å². The number of aromatic nitrogens is 3. The molecule has 0 atom stereocenters. The van der Waals surface area contributed by atoms with E-state index in [-0.39, 0.29) is 19.7 Å². The number of imidazole rings is 1. The molecule has 7 nitrogen and oxygen atoms in total. The maximum Gasteiger partial charge on any atom is 0.237 e. The van der Waals surface area contributed by atoms with Crippen molar-refractivity contribution < 1.29 is 23.1 Å². The van der Waals surface area contributed by atoms with Crippen molar-refractivity contribution in [1.29, 1.82) is 0 Å². The molecule has 1 fully saturated rings. The van der Waals surface area contributed by atoms with Crippen LogP contribution in [0.5, 0.6) is 0 Å². The van der Waals surface area contributed by atoms with Gasteiger partial charge in [-0.15, -0.1) is 0 Å². The monoisotopic (exact) mass is 508 g/mol. The third-order valence-electron chi connectivity index (χ3n) is 5.63. The van der Waals surface area contributed by atoms with E-state index in [0.29, 0.717) is 11.4 Å². The summed E-state index contributed by atoms with van der Waals surface area (Å²) in [6, 6.07) is 6.51. The molecule has 0 aliphatic carbocycles. The first-order valence-corrected chi connectivity index (χ1v) is 12.6. The Morgan fingerprint density at radius 1 is 1.26 bits per heavy atom. The Morgan fingerprint density at radius 2 is 1.97 bits per heavy atom. The molecule has 3 aromatic rings. The number of ether oxygens (including phenoxy) is 1. The molecule has 1 N–H and O–H groups in total. The van der Waals surface area contributed by atoms with Crippen molar-refractivity contribution in [1.82, 2.24) is 9.55 Å². The molecule has 0 amide bonds. The highest BCUT2D eigenvalue weighted by molar-refractivity contribution is 9.10. The number of sulfone groups is 1. The third-order valence-corrected chi connectivity index (χ3v) is 8.34. The Bertz CT molecular complexity index is 1230. The molecular weight excluding hydrogens is 482 g/mol. The smallest absolute Gasteiger partial charge is 0.237 e. The average Bonchev–Trinajstić information content (AvgIpc) is 3.07. The van der Waals surface area contributed by atoms with Gasteiger partial charge in [0.05, 0.1) is 20.8 Å². The van der Waals surface area contributed by atoms with Crippen LogP contribution < -0.4 is 4.73 Å². The molecule has 0 saturated carbocycles. The lowest BCUT2D eigenvalue weighted by atomic mass is 9.94. The lowest BCUT2D eigenvalue weighted by Crippen LogP contribution is -2.29. The summed E-state index contributed by atoms with van der Waals surface area (Å²) < 4.78 is 35.3. The van der Waals surface area contributed by atoms with Crippen molar-refractivity contribution in [2.45, 2.75) is 55.4 Å². The van der Waals surface area contributed by atoms with Crippen molar-refractivity contribution in [2.24, 2.45) is 5.92 Å². The van der Waals surface area contributed by atoms with Crippen LogP contribution in [0, 0.1) is 5.92 Å². The first-order valence-electron chi connectivity index (χ1n) is 10.3. The van der Waals surface area contributed by atoms with Gasteiger partial charge in [0, 0.05) is 36.0 Å². The number of rotatable bonds is 4. The molecule has 3 heterocycles. The molecule has 0 spiro atoms. The molecule has 1 saturated heterocycles. The van der Waals surface area contributed by atoms with E-state index in [1.807, 2.05) is 6.07 Å². The fraction of sp³-hybridized carbons (Fsp3) is 0.455. The Hall–Kier alpha value is -1.97. The maximum atomic E-state index is 13.2. The SMILES string of the molecule is CC(C)(C)c1nc2cc(S(=O)(=O)c3cc[n+](O)cc3Br)ccc2n1CC1CCOCC1. The summed E-state index contributed by atoms with van der Waals surface area (Å²) >= 11 is 3.24. The van der Waals surface area contributed by atoms with Crippen molar-refractivity contribution in [2.75, 3.05) is 13.2 Å². The summed E-state index contributed by atoms with van der Waals surface area (Å²) in [7, 11) is -3.78. The van der Waals surface area contributed by atoms with Gasteiger partial charge in [-0.2, -0.15) is 0 Å². The van der Waals surface area contributed by atoms with Gasteiger partial charge in [0.15, 0.2) is 0 Å². The molecule has 0 radical (unpaired) electrons. The molecule has 0 bridgehead atoms. The molecule has 166 valence electrons. The van der Waals surface area contributed by atoms with E-state index < -0.39 is 9.84 Å². The highest BCUT2D eigenvalue weighted by Crippen LogP contribution is 2.32. The van der Waals surface area contributed by atoms with Crippen LogP contribution >= 0.6 is 15.9 Å². The fourth-order valence-corrected chi connectivity index (χ4v) is 6.31. The van der Waals surface area contributed by atoms with E-state index in [0.717, 1.165) is 48.7 Å². The van der Waals surface area contributed by atoms with Crippen molar-refractivity contribution >= 4 is 36.8 Å². The number of halogens is 1. The Labute approximate surface area is 190 Å². The zero-order valence-electron chi connectivity index (χ0n) is 17.9. The molecule has 0 unspecified atom stereocenters. The summed E-state index contributed by atoms with van der Waals surface area (Å²) in [6.45, 7) is 8.78. The molecule has 2 aromatic heterocycles. The number of hydrogen-bond acceptors (Lipinski definition) is 5. The van der Waals surface area contributed by atoms with Crippen LogP contribution in [0.4, 0.5) is 0 Å². The second-order valence-electron chi connectivity index (χ2n) is 9.04. The van der Waals surface area contributed by atoms with Gasteiger partial charge >= 0.3 is 0 Å². The van der Waals surface area contributed by atoms with Crippen molar-refractivity contribution in [3.8, 4) is 0 Å². The summed E-state index contributed by atoms with van der Waals surface area (Å²) in [5.74, 6) is 1.46. The molecule has 31 heavy (non-hydrogen) atoms. The van der Waals surface area contributed by atoms with E-state index in [9.17, 15) is 13.6 Å². The maximum absolute atomic E-state index is 13.2. The minimum atomic E-state index is -3.78. The summed E-state index contributed by atoms with van der Waals surface area (Å²) in [5, 5.41) is 9.53. The first-order chi connectivity index (χ1) is 14.6. The summed E-state index contributed by atoms with van der Waals surface area (Å²) in [4.78, 5) is 5.13. The topological polar surface area (TPSA) is 85.3 Å². The van der Waals surface area contributed by atoms with Crippen LogP contribution in [0.25, 0.3) is 11.0 Å². The van der Waals surface area contributed by atoms with Gasteiger partial charge in [0.2, 0.25) is 22.2 Å². The Morgan fingerprint density at radius 3 is 2.61 bits per heavy atom. The predicted molar refractivity (Wildman–Crippen MR) is 119 cm³/mol. The molecule has 9 heteroatoms. The summed E-state index contributed by atoms with van der Waals surface area (Å²) in [6.07, 6.45) is 4.62. The highest BCUT2D eigenvalue weighted by Gasteiger charge is 2.28. The summed E-state index contributed by atoms with van der Waals surface area (Å²) in [5.41, 5.74) is 1.43. The van der Waals surface area contributed by atoms with Crippen molar-refractivity contribution in [3.63, 3.8) is 0 Å². The first kappa shape index (κ1) is 22.2. The lowest BCUT2D eigenvalue weighted by molar-refractivity contribution is -0.905. The lowest BCUT2D eigenvalue weighted by Gasteiger charge is -2.26. The second kappa shape index (κ2) is 8.18. The average molecular weight is 509 g/mol. The van der Waals surface area contributed by atoms with Crippen LogP contribution in [-0.2, 0) is 26.5 Å². The normalized spacial score (nSPS) is 16.1. The molecule has 1 aliphatic rings. The van der Waals surface area contributed by atoms with E-state index >= 15 is 0 Å². The van der Waals surface area contributed by atoms with Gasteiger partial charge in [-0.3, -0.25) is 5.21 Å². The van der Waals surface area contributed by atoms with E-state index in [1.54, 1.807) is 12.1 Å². The van der Waals surface area contributed by atoms with Crippen LogP contribution in [0.2, 0.25) is 0 Å². The fourth-order valence-electron chi connectivity index (χ4n) is 4.01. The largest absolute Gasteiger partial charge is 0.381 e. The number of benzene rings is 1. The minimum absolute atomic E-state index is 0.0924. The zero-order chi connectivity index (χ0) is 22.4. The van der Waals surface area contributed by atoms with Crippen molar-refractivity contribution in [3.05, 3.63) is 47.0 Å². The van der Waals surface area contributed by atoms with E-state index in [1.165, 1.54) is 18.5 Å². The molecule has 1 aromatic carbocycles. The Balaban J connectivity index is 1.80. The zero-order valence-corrected chi connectivity index (χ0v) is 20.3. The number of fused-ring (bicyclic) bond motifs is 1. The number of pyridine rings is 1. The van der Waals surface area contributed by atoms with Crippen LogP contribution in [0.1, 0.15) is 39.4 Å². The van der Waals surface area contributed by atoms with Gasteiger partial charge in [0.1, 0.15) is 10.3 Å².